The first kappa shape index (κ1) is 17.2. The molecule has 0 aromatic heterocycles. The van der Waals surface area contributed by atoms with Crippen LogP contribution in [0, 0.1) is 0 Å². The first-order valence-corrected chi connectivity index (χ1v) is 8.32. The molecule has 0 fully saturated rings. The van der Waals surface area contributed by atoms with Crippen molar-refractivity contribution in [2.75, 3.05) is 40.0 Å². The average Bonchev–Trinajstić information content (AvgIpc) is 2.27. The topological polar surface area (TPSA) is 61.4 Å². The molecular formula is C10H25N3O2S2. The molecule has 0 aromatic rings. The largest absolute Gasteiger partial charge is 0.320 e. The van der Waals surface area contributed by atoms with Crippen LogP contribution < -0.4 is 10.0 Å². The van der Waals surface area contributed by atoms with Gasteiger partial charge in [-0.25, -0.2) is 4.72 Å². The van der Waals surface area contributed by atoms with Gasteiger partial charge in [-0.1, -0.05) is 0 Å². The highest BCUT2D eigenvalue weighted by Gasteiger charge is 2.22. The second-order valence-corrected chi connectivity index (χ2v) is 7.94. The fraction of sp³-hybridized carbons (Fsp3) is 1.00. The second kappa shape index (κ2) is 7.58. The van der Waals surface area contributed by atoms with Crippen molar-refractivity contribution in [3.63, 3.8) is 0 Å². The van der Waals surface area contributed by atoms with E-state index in [1.54, 1.807) is 18.8 Å². The number of thioether (sulfide) groups is 1. The molecule has 17 heavy (non-hydrogen) atoms. The normalized spacial score (nSPS) is 13.3. The third-order valence-corrected chi connectivity index (χ3v) is 5.30. The van der Waals surface area contributed by atoms with Crippen LogP contribution >= 0.6 is 11.8 Å². The molecule has 0 amide bonds. The van der Waals surface area contributed by atoms with Gasteiger partial charge in [0.2, 0.25) is 0 Å². The smallest absolute Gasteiger partial charge is 0.279 e. The van der Waals surface area contributed by atoms with E-state index in [1.165, 1.54) is 4.31 Å². The molecule has 0 atom stereocenters. The van der Waals surface area contributed by atoms with Gasteiger partial charge in [0.15, 0.2) is 0 Å². The average molecular weight is 283 g/mol. The van der Waals surface area contributed by atoms with Gasteiger partial charge in [-0.05, 0) is 40.1 Å². The van der Waals surface area contributed by atoms with Gasteiger partial charge >= 0.3 is 0 Å². The highest BCUT2D eigenvalue weighted by Crippen LogP contribution is 2.19. The minimum Gasteiger partial charge on any atom is -0.320 e. The van der Waals surface area contributed by atoms with Crippen LogP contribution in [0.4, 0.5) is 0 Å². The molecule has 0 aliphatic heterocycles. The Bertz CT molecular complexity index is 305. The van der Waals surface area contributed by atoms with E-state index in [0.29, 0.717) is 13.1 Å². The molecule has 0 aliphatic rings. The fourth-order valence-electron chi connectivity index (χ4n) is 1.05. The van der Waals surface area contributed by atoms with Gasteiger partial charge in [-0.2, -0.15) is 24.5 Å². The van der Waals surface area contributed by atoms with Crippen LogP contribution in [0.15, 0.2) is 0 Å². The highest BCUT2D eigenvalue weighted by molar-refractivity contribution is 8.00. The Morgan fingerprint density at radius 1 is 1.35 bits per heavy atom. The van der Waals surface area contributed by atoms with Gasteiger partial charge in [-0.3, -0.25) is 0 Å². The third-order valence-electron chi connectivity index (χ3n) is 2.54. The monoisotopic (exact) mass is 283 g/mol. The van der Waals surface area contributed by atoms with Crippen molar-refractivity contribution in [1.29, 1.82) is 0 Å². The predicted molar refractivity (Wildman–Crippen MR) is 75.7 cm³/mol. The number of hydrogen-bond acceptors (Lipinski definition) is 4. The first-order chi connectivity index (χ1) is 7.75. The molecule has 0 aromatic carbocycles. The first-order valence-electron chi connectivity index (χ1n) is 5.66. The van der Waals surface area contributed by atoms with Gasteiger partial charge in [0, 0.05) is 24.9 Å². The summed E-state index contributed by atoms with van der Waals surface area (Å²) < 4.78 is 27.7. The Kier molecular flexibility index (Phi) is 7.66. The zero-order valence-corrected chi connectivity index (χ0v) is 13.0. The van der Waals surface area contributed by atoms with Crippen LogP contribution in [0.5, 0.6) is 0 Å². The fourth-order valence-corrected chi connectivity index (χ4v) is 2.49. The van der Waals surface area contributed by atoms with Crippen LogP contribution in [0.1, 0.15) is 20.3 Å². The summed E-state index contributed by atoms with van der Waals surface area (Å²) in [7, 11) is 0.114. The molecule has 0 bridgehead atoms. The molecule has 2 N–H and O–H groups in total. The van der Waals surface area contributed by atoms with Crippen molar-refractivity contribution in [2.24, 2.45) is 0 Å². The van der Waals surface area contributed by atoms with Crippen molar-refractivity contribution in [3.05, 3.63) is 0 Å². The summed E-state index contributed by atoms with van der Waals surface area (Å²) in [4.78, 5) is 0. The quantitative estimate of drug-likeness (QED) is 0.605. The number of rotatable bonds is 9. The lowest BCUT2D eigenvalue weighted by Crippen LogP contribution is -2.44. The Balaban J connectivity index is 4.19. The standard InChI is InChI=1S/C10H25N3O2S2/c1-10(2,16-5)9-12-17(14,15)13(4)8-6-7-11-3/h11-12H,6-9H2,1-5H3. The van der Waals surface area contributed by atoms with Gasteiger partial charge in [-0.15, -0.1) is 0 Å². The molecule has 0 heterocycles. The van der Waals surface area contributed by atoms with E-state index in [1.807, 2.05) is 27.2 Å². The zero-order chi connectivity index (χ0) is 13.5. The highest BCUT2D eigenvalue weighted by atomic mass is 32.2. The van der Waals surface area contributed by atoms with Gasteiger partial charge in [0.25, 0.3) is 10.2 Å². The van der Waals surface area contributed by atoms with Gasteiger partial charge < -0.3 is 5.32 Å². The van der Waals surface area contributed by atoms with Crippen molar-refractivity contribution >= 4 is 22.0 Å². The summed E-state index contributed by atoms with van der Waals surface area (Å²) >= 11 is 1.65. The maximum atomic E-state index is 11.9. The number of hydrogen-bond donors (Lipinski definition) is 2. The summed E-state index contributed by atoms with van der Waals surface area (Å²) in [5.74, 6) is 0. The molecule has 0 spiro atoms. The summed E-state index contributed by atoms with van der Waals surface area (Å²) in [5, 5.41) is 2.99. The minimum atomic E-state index is -3.34. The minimum absolute atomic E-state index is 0.0844. The zero-order valence-electron chi connectivity index (χ0n) is 11.4. The lowest BCUT2D eigenvalue weighted by Gasteiger charge is -2.24. The summed E-state index contributed by atoms with van der Waals surface area (Å²) in [6, 6.07) is 0. The Morgan fingerprint density at radius 2 is 1.94 bits per heavy atom. The van der Waals surface area contributed by atoms with Gasteiger partial charge in [0.1, 0.15) is 0 Å². The SMILES string of the molecule is CNCCCN(C)S(=O)(=O)NCC(C)(C)SC. The molecule has 0 aliphatic carbocycles. The lowest BCUT2D eigenvalue weighted by atomic mass is 10.2. The van der Waals surface area contributed by atoms with E-state index in [0.717, 1.165) is 13.0 Å². The molecule has 0 saturated carbocycles. The van der Waals surface area contributed by atoms with Gasteiger partial charge in [0.05, 0.1) is 0 Å². The second-order valence-electron chi connectivity index (χ2n) is 4.57. The Morgan fingerprint density at radius 3 is 2.41 bits per heavy atom. The predicted octanol–water partition coefficient (Wildman–Crippen LogP) is 0.504. The van der Waals surface area contributed by atoms with Crippen LogP contribution in [0.3, 0.4) is 0 Å². The van der Waals surface area contributed by atoms with Crippen molar-refractivity contribution in [2.45, 2.75) is 25.0 Å². The molecule has 0 rings (SSSR count). The maximum absolute atomic E-state index is 11.9. The van der Waals surface area contributed by atoms with Crippen LogP contribution in [0.2, 0.25) is 0 Å². The molecular weight excluding hydrogens is 258 g/mol. The number of nitrogens with one attached hydrogen (secondary N) is 2. The van der Waals surface area contributed by atoms with E-state index in [4.69, 9.17) is 0 Å². The Hall–Kier alpha value is 0.180. The van der Waals surface area contributed by atoms with E-state index < -0.39 is 10.2 Å². The van der Waals surface area contributed by atoms with Crippen molar-refractivity contribution in [1.82, 2.24) is 14.3 Å². The van der Waals surface area contributed by atoms with Crippen molar-refractivity contribution in [3.8, 4) is 0 Å². The molecule has 0 saturated heterocycles. The summed E-state index contributed by atoms with van der Waals surface area (Å²) in [5.41, 5.74) is 0. The number of nitrogens with zero attached hydrogens (tertiary/aromatic N) is 1. The molecule has 0 radical (unpaired) electrons. The Labute approximate surface area is 110 Å². The van der Waals surface area contributed by atoms with E-state index in [-0.39, 0.29) is 4.75 Å². The van der Waals surface area contributed by atoms with Crippen LogP contribution in [-0.4, -0.2) is 57.5 Å². The lowest BCUT2D eigenvalue weighted by molar-refractivity contribution is 0.445. The summed E-state index contributed by atoms with van der Waals surface area (Å²) in [6.07, 6.45) is 2.78. The molecule has 7 heteroatoms. The van der Waals surface area contributed by atoms with E-state index in [2.05, 4.69) is 10.0 Å². The summed E-state index contributed by atoms with van der Waals surface area (Å²) in [6.45, 7) is 5.81. The van der Waals surface area contributed by atoms with E-state index in [9.17, 15) is 8.42 Å². The molecule has 0 unspecified atom stereocenters. The van der Waals surface area contributed by atoms with E-state index >= 15 is 0 Å². The van der Waals surface area contributed by atoms with Crippen LogP contribution in [0.25, 0.3) is 0 Å². The maximum Gasteiger partial charge on any atom is 0.279 e. The van der Waals surface area contributed by atoms with Crippen LogP contribution in [-0.2, 0) is 10.2 Å². The van der Waals surface area contributed by atoms with Crippen molar-refractivity contribution < 1.29 is 8.42 Å². The molecule has 5 nitrogen and oxygen atoms in total. The third kappa shape index (κ3) is 7.25. The molecule has 104 valence electrons.